The fraction of sp³-hybridized carbons (Fsp3) is 0.467. The number of ether oxygens (including phenoxy) is 1. The third kappa shape index (κ3) is 3.31. The Bertz CT molecular complexity index is 396. The lowest BCUT2D eigenvalue weighted by molar-refractivity contribution is 0.414. The van der Waals surface area contributed by atoms with E-state index in [1.54, 1.807) is 7.11 Å². The molecule has 0 aliphatic heterocycles. The molecule has 0 spiro atoms. The van der Waals surface area contributed by atoms with Crippen molar-refractivity contribution in [3.05, 3.63) is 29.3 Å². The van der Waals surface area contributed by atoms with Crippen LogP contribution in [0.3, 0.4) is 0 Å². The first-order valence-electron chi connectivity index (χ1n) is 5.79. The van der Waals surface area contributed by atoms with E-state index >= 15 is 0 Å². The second kappa shape index (κ2) is 6.23. The molecule has 1 unspecified atom stereocenters. The van der Waals surface area contributed by atoms with Crippen LogP contribution in [-0.2, 0) is 12.8 Å². The molecule has 0 radical (unpaired) electrons. The molecule has 1 atom stereocenters. The van der Waals surface area contributed by atoms with Gasteiger partial charge in [0.2, 0.25) is 0 Å². The van der Waals surface area contributed by atoms with Crippen molar-refractivity contribution in [2.75, 3.05) is 7.11 Å². The summed E-state index contributed by atoms with van der Waals surface area (Å²) in [5, 5.41) is 0. The van der Waals surface area contributed by atoms with Crippen LogP contribution in [0.5, 0.6) is 5.75 Å². The second-order valence-electron chi connectivity index (χ2n) is 3.99. The van der Waals surface area contributed by atoms with Crippen molar-refractivity contribution in [3.63, 3.8) is 0 Å². The molecular formula is C15H20O. The summed E-state index contributed by atoms with van der Waals surface area (Å²) in [4.78, 5) is 0. The van der Waals surface area contributed by atoms with Crippen molar-refractivity contribution < 1.29 is 4.74 Å². The molecule has 0 saturated carbocycles. The maximum atomic E-state index is 5.24. The van der Waals surface area contributed by atoms with Crippen LogP contribution < -0.4 is 4.74 Å². The van der Waals surface area contributed by atoms with E-state index in [0.29, 0.717) is 5.92 Å². The largest absolute Gasteiger partial charge is 0.497 e. The Morgan fingerprint density at radius 2 is 2.06 bits per heavy atom. The van der Waals surface area contributed by atoms with Gasteiger partial charge in [0.1, 0.15) is 5.75 Å². The first kappa shape index (κ1) is 12.6. The van der Waals surface area contributed by atoms with E-state index in [2.05, 4.69) is 37.8 Å². The lowest BCUT2D eigenvalue weighted by Crippen LogP contribution is -2.01. The van der Waals surface area contributed by atoms with Gasteiger partial charge in [0.05, 0.1) is 7.11 Å². The number of benzene rings is 1. The molecule has 86 valence electrons. The fourth-order valence-electron chi connectivity index (χ4n) is 1.88. The van der Waals surface area contributed by atoms with E-state index in [9.17, 15) is 0 Å². The van der Waals surface area contributed by atoms with Crippen LogP contribution in [-0.4, -0.2) is 7.11 Å². The summed E-state index contributed by atoms with van der Waals surface area (Å²) < 4.78 is 5.24. The van der Waals surface area contributed by atoms with Gasteiger partial charge in [-0.05, 0) is 43.0 Å². The highest BCUT2D eigenvalue weighted by Gasteiger charge is 2.06. The summed E-state index contributed by atoms with van der Waals surface area (Å²) in [5.41, 5.74) is 2.75. The summed E-state index contributed by atoms with van der Waals surface area (Å²) in [6.07, 6.45) is 2.06. The van der Waals surface area contributed by atoms with Crippen molar-refractivity contribution >= 4 is 0 Å². The molecule has 0 amide bonds. The van der Waals surface area contributed by atoms with Crippen LogP contribution in [0.1, 0.15) is 31.9 Å². The number of rotatable bonds is 4. The molecule has 1 aromatic carbocycles. The number of hydrogen-bond acceptors (Lipinski definition) is 1. The second-order valence-corrected chi connectivity index (χ2v) is 3.99. The fourth-order valence-corrected chi connectivity index (χ4v) is 1.88. The summed E-state index contributed by atoms with van der Waals surface area (Å²) in [6.45, 7) is 6.24. The molecule has 1 aromatic rings. The zero-order valence-electron chi connectivity index (χ0n) is 10.6. The number of aryl methyl sites for hydroxylation is 1. The third-order valence-electron chi connectivity index (χ3n) is 2.71. The molecule has 1 rings (SSSR count). The van der Waals surface area contributed by atoms with E-state index in [1.807, 2.05) is 13.0 Å². The Hall–Kier alpha value is -1.42. The molecule has 16 heavy (non-hydrogen) atoms. The van der Waals surface area contributed by atoms with Gasteiger partial charge in [-0.2, -0.15) is 0 Å². The lowest BCUT2D eigenvalue weighted by atomic mass is 9.95. The Morgan fingerprint density at radius 1 is 1.31 bits per heavy atom. The van der Waals surface area contributed by atoms with Crippen LogP contribution in [0.25, 0.3) is 0 Å². The summed E-state index contributed by atoms with van der Waals surface area (Å²) in [5.74, 6) is 7.53. The van der Waals surface area contributed by atoms with Crippen molar-refractivity contribution in [2.45, 2.75) is 33.6 Å². The molecular weight excluding hydrogens is 196 g/mol. The van der Waals surface area contributed by atoms with Crippen LogP contribution in [0.4, 0.5) is 0 Å². The monoisotopic (exact) mass is 216 g/mol. The molecule has 0 bridgehead atoms. The Balaban J connectivity index is 2.89. The van der Waals surface area contributed by atoms with E-state index in [0.717, 1.165) is 18.6 Å². The van der Waals surface area contributed by atoms with Gasteiger partial charge in [-0.3, -0.25) is 0 Å². The van der Waals surface area contributed by atoms with Gasteiger partial charge in [0.25, 0.3) is 0 Å². The molecule has 1 nitrogen and oxygen atoms in total. The average molecular weight is 216 g/mol. The third-order valence-corrected chi connectivity index (χ3v) is 2.71. The van der Waals surface area contributed by atoms with Gasteiger partial charge >= 0.3 is 0 Å². The lowest BCUT2D eigenvalue weighted by Gasteiger charge is -2.11. The maximum absolute atomic E-state index is 5.24. The predicted octanol–water partition coefficient (Wildman–Crippen LogP) is 3.46. The molecule has 0 aliphatic carbocycles. The highest BCUT2D eigenvalue weighted by atomic mass is 16.5. The standard InChI is InChI=1S/C15H20O/c1-5-7-12(3)10-14-8-9-15(16-4)11-13(14)6-2/h8-9,11-12H,6,10H2,1-4H3. The average Bonchev–Trinajstić information content (AvgIpc) is 2.30. The van der Waals surface area contributed by atoms with Crippen LogP contribution >= 0.6 is 0 Å². The predicted molar refractivity (Wildman–Crippen MR) is 68.7 cm³/mol. The first-order chi connectivity index (χ1) is 7.71. The first-order valence-corrected chi connectivity index (χ1v) is 5.79. The Kier molecular flexibility index (Phi) is 4.92. The van der Waals surface area contributed by atoms with Gasteiger partial charge in [0, 0.05) is 5.92 Å². The topological polar surface area (TPSA) is 9.23 Å². The normalized spacial score (nSPS) is 11.5. The van der Waals surface area contributed by atoms with Gasteiger partial charge in [-0.15, -0.1) is 11.8 Å². The van der Waals surface area contributed by atoms with E-state index in [-0.39, 0.29) is 0 Å². The highest BCUT2D eigenvalue weighted by molar-refractivity contribution is 5.36. The molecule has 0 aliphatic rings. The van der Waals surface area contributed by atoms with Gasteiger partial charge < -0.3 is 4.74 Å². The molecule has 0 fully saturated rings. The minimum atomic E-state index is 0.420. The van der Waals surface area contributed by atoms with Crippen molar-refractivity contribution in [1.82, 2.24) is 0 Å². The van der Waals surface area contributed by atoms with Crippen molar-refractivity contribution in [2.24, 2.45) is 5.92 Å². The smallest absolute Gasteiger partial charge is 0.119 e. The minimum Gasteiger partial charge on any atom is -0.497 e. The van der Waals surface area contributed by atoms with Crippen molar-refractivity contribution in [3.8, 4) is 17.6 Å². The van der Waals surface area contributed by atoms with Crippen LogP contribution in [0.15, 0.2) is 18.2 Å². The van der Waals surface area contributed by atoms with Gasteiger partial charge in [-0.1, -0.05) is 19.9 Å². The van der Waals surface area contributed by atoms with Crippen LogP contribution in [0.2, 0.25) is 0 Å². The Labute approximate surface area is 98.8 Å². The minimum absolute atomic E-state index is 0.420. The molecule has 0 saturated heterocycles. The number of methoxy groups -OCH3 is 1. The molecule has 0 aromatic heterocycles. The van der Waals surface area contributed by atoms with E-state index in [4.69, 9.17) is 4.74 Å². The summed E-state index contributed by atoms with van der Waals surface area (Å²) >= 11 is 0. The SMILES string of the molecule is CC#CC(C)Cc1ccc(OC)cc1CC. The maximum Gasteiger partial charge on any atom is 0.119 e. The summed E-state index contributed by atoms with van der Waals surface area (Å²) in [6, 6.07) is 6.31. The zero-order chi connectivity index (χ0) is 12.0. The quantitative estimate of drug-likeness (QED) is 0.700. The van der Waals surface area contributed by atoms with E-state index in [1.165, 1.54) is 11.1 Å². The van der Waals surface area contributed by atoms with E-state index < -0.39 is 0 Å². The van der Waals surface area contributed by atoms with Crippen LogP contribution in [0, 0.1) is 17.8 Å². The molecule has 0 heterocycles. The Morgan fingerprint density at radius 3 is 2.62 bits per heavy atom. The summed E-state index contributed by atoms with van der Waals surface area (Å²) in [7, 11) is 1.71. The molecule has 1 heteroatoms. The van der Waals surface area contributed by atoms with Gasteiger partial charge in [0.15, 0.2) is 0 Å². The highest BCUT2D eigenvalue weighted by Crippen LogP contribution is 2.20. The van der Waals surface area contributed by atoms with Gasteiger partial charge in [-0.25, -0.2) is 0 Å². The molecule has 0 N–H and O–H groups in total. The number of hydrogen-bond donors (Lipinski definition) is 0. The van der Waals surface area contributed by atoms with Crippen molar-refractivity contribution in [1.29, 1.82) is 0 Å². The zero-order valence-corrected chi connectivity index (χ0v) is 10.6.